The molecule has 2 fully saturated rings. The Labute approximate surface area is 262 Å². The van der Waals surface area contributed by atoms with Gasteiger partial charge in [0, 0.05) is 11.1 Å². The molecule has 3 N–H and O–H groups in total. The molecule has 10 nitrogen and oxygen atoms in total. The van der Waals surface area contributed by atoms with Gasteiger partial charge < -0.3 is 25.2 Å². The zero-order valence-electron chi connectivity index (χ0n) is 24.7. The number of carbonyl (C=O) groups excluding carboxylic acids is 2. The molecular weight excluding hydrogens is 584 g/mol. The molecular formula is C33H39ClN4O6. The van der Waals surface area contributed by atoms with Gasteiger partial charge >= 0.3 is 5.97 Å². The number of rotatable bonds is 12. The van der Waals surface area contributed by atoms with Gasteiger partial charge in [0.15, 0.2) is 5.69 Å². The number of carboxylic acid groups (broad SMARTS) is 1. The molecule has 5 rings (SSSR count). The van der Waals surface area contributed by atoms with E-state index in [0.717, 1.165) is 54.8 Å². The second kappa shape index (κ2) is 15.2. The quantitative estimate of drug-likeness (QED) is 0.223. The molecule has 0 spiro atoms. The molecule has 2 aliphatic rings. The molecule has 11 heteroatoms. The van der Waals surface area contributed by atoms with Crippen LogP contribution in [-0.2, 0) is 22.7 Å². The van der Waals surface area contributed by atoms with Crippen molar-refractivity contribution in [2.24, 2.45) is 5.92 Å². The minimum Gasteiger partial charge on any atom is -0.491 e. The van der Waals surface area contributed by atoms with Crippen LogP contribution < -0.4 is 15.4 Å². The van der Waals surface area contributed by atoms with Gasteiger partial charge in [0.25, 0.3) is 5.91 Å². The number of anilines is 1. The Kier molecular flexibility index (Phi) is 10.9. The molecule has 1 heterocycles. The fourth-order valence-corrected chi connectivity index (χ4v) is 6.10. The van der Waals surface area contributed by atoms with E-state index in [-0.39, 0.29) is 30.1 Å². The van der Waals surface area contributed by atoms with Crippen LogP contribution in [0.3, 0.4) is 0 Å². The van der Waals surface area contributed by atoms with Gasteiger partial charge in [-0.3, -0.25) is 9.59 Å². The molecule has 0 unspecified atom stereocenters. The van der Waals surface area contributed by atoms with Crippen LogP contribution in [0.4, 0.5) is 5.69 Å². The monoisotopic (exact) mass is 622 g/mol. The van der Waals surface area contributed by atoms with Gasteiger partial charge in [-0.15, -0.1) is 0 Å². The molecule has 2 aromatic carbocycles. The Morgan fingerprint density at radius 3 is 2.48 bits per heavy atom. The summed E-state index contributed by atoms with van der Waals surface area (Å²) in [5.41, 5.74) is 0.993. The number of carbonyl (C=O) groups is 3. The van der Waals surface area contributed by atoms with Crippen LogP contribution in [0.25, 0.3) is 0 Å². The summed E-state index contributed by atoms with van der Waals surface area (Å²) in [5, 5.41) is 19.9. The highest BCUT2D eigenvalue weighted by Gasteiger charge is 2.28. The fourth-order valence-electron chi connectivity index (χ4n) is 5.93. The highest BCUT2D eigenvalue weighted by atomic mass is 35.5. The minimum absolute atomic E-state index is 0.0729. The van der Waals surface area contributed by atoms with E-state index in [1.165, 1.54) is 19.3 Å². The topological polar surface area (TPSA) is 132 Å². The third kappa shape index (κ3) is 8.60. The van der Waals surface area contributed by atoms with Crippen molar-refractivity contribution < 1.29 is 29.0 Å². The first-order valence-electron chi connectivity index (χ1n) is 15.4. The van der Waals surface area contributed by atoms with E-state index in [1.54, 1.807) is 18.2 Å². The second-order valence-corrected chi connectivity index (χ2v) is 12.0. The Hall–Kier alpha value is -3.89. The van der Waals surface area contributed by atoms with Crippen LogP contribution in [0.15, 0.2) is 54.6 Å². The van der Waals surface area contributed by atoms with Gasteiger partial charge in [0.05, 0.1) is 31.0 Å². The van der Waals surface area contributed by atoms with E-state index in [4.69, 9.17) is 21.1 Å². The molecule has 234 valence electrons. The van der Waals surface area contributed by atoms with Crippen LogP contribution in [0.1, 0.15) is 84.3 Å². The molecule has 2 saturated carbocycles. The van der Waals surface area contributed by atoms with Crippen molar-refractivity contribution in [1.29, 1.82) is 0 Å². The van der Waals surface area contributed by atoms with Crippen molar-refractivity contribution in [2.75, 3.05) is 11.9 Å². The Balaban J connectivity index is 1.26. The predicted molar refractivity (Wildman–Crippen MR) is 166 cm³/mol. The number of carboxylic acids is 1. The van der Waals surface area contributed by atoms with Crippen LogP contribution >= 0.6 is 11.6 Å². The van der Waals surface area contributed by atoms with E-state index in [1.807, 2.05) is 30.3 Å². The van der Waals surface area contributed by atoms with Crippen molar-refractivity contribution in [3.63, 3.8) is 0 Å². The summed E-state index contributed by atoms with van der Waals surface area (Å²) in [7, 11) is 0. The summed E-state index contributed by atoms with van der Waals surface area (Å²) < 4.78 is 13.4. The molecule has 0 radical (unpaired) electrons. The third-order valence-electron chi connectivity index (χ3n) is 8.27. The number of hydrogen-bond donors (Lipinski definition) is 3. The number of aromatic carboxylic acids is 1. The zero-order valence-corrected chi connectivity index (χ0v) is 25.4. The number of nitrogens with one attached hydrogen (secondary N) is 2. The van der Waals surface area contributed by atoms with E-state index < -0.39 is 17.8 Å². The first kappa shape index (κ1) is 31.5. The van der Waals surface area contributed by atoms with Crippen LogP contribution in [0, 0.1) is 5.92 Å². The largest absolute Gasteiger partial charge is 0.491 e. The summed E-state index contributed by atoms with van der Waals surface area (Å²) in [6, 6.07) is 15.8. The molecule has 2 aliphatic carbocycles. The van der Waals surface area contributed by atoms with E-state index in [2.05, 4.69) is 15.7 Å². The third-order valence-corrected chi connectivity index (χ3v) is 8.51. The molecule has 0 saturated heterocycles. The minimum atomic E-state index is -1.31. The van der Waals surface area contributed by atoms with Gasteiger partial charge in [-0.05, 0) is 55.4 Å². The van der Waals surface area contributed by atoms with E-state index >= 15 is 0 Å². The Bertz CT molecular complexity index is 1440. The maximum atomic E-state index is 13.5. The zero-order chi connectivity index (χ0) is 30.9. The first-order chi connectivity index (χ1) is 21.4. The Morgan fingerprint density at radius 2 is 1.70 bits per heavy atom. The van der Waals surface area contributed by atoms with Crippen LogP contribution in [0.5, 0.6) is 5.75 Å². The van der Waals surface area contributed by atoms with Crippen molar-refractivity contribution in [2.45, 2.75) is 83.1 Å². The molecule has 0 aliphatic heterocycles. The highest BCUT2D eigenvalue weighted by molar-refractivity contribution is 6.31. The molecule has 2 atom stereocenters. The number of ether oxygens (including phenoxy) is 2. The van der Waals surface area contributed by atoms with Gasteiger partial charge in [-0.25, -0.2) is 9.48 Å². The predicted octanol–water partition coefficient (Wildman–Crippen LogP) is 6.09. The van der Waals surface area contributed by atoms with Crippen molar-refractivity contribution in [1.82, 2.24) is 15.1 Å². The van der Waals surface area contributed by atoms with E-state index in [0.29, 0.717) is 35.6 Å². The van der Waals surface area contributed by atoms with Crippen molar-refractivity contribution in [3.8, 4) is 5.75 Å². The van der Waals surface area contributed by atoms with E-state index in [9.17, 15) is 19.5 Å². The lowest BCUT2D eigenvalue weighted by Crippen LogP contribution is -2.47. The van der Waals surface area contributed by atoms with Crippen LogP contribution in [0.2, 0.25) is 5.02 Å². The van der Waals surface area contributed by atoms with Crippen molar-refractivity contribution in [3.05, 3.63) is 76.6 Å². The SMILES string of the molecule is O=C(Cn1nc(C(=O)O)cc1C(=O)Nc1cc(Cl)ccc1OCC1CCCCC1)N[C@H]1CCCC[C@@H]1OCc1ccccc1. The smallest absolute Gasteiger partial charge is 0.356 e. The molecule has 1 aromatic heterocycles. The summed E-state index contributed by atoms with van der Waals surface area (Å²) in [6.45, 7) is 0.640. The molecule has 2 amide bonds. The summed E-state index contributed by atoms with van der Waals surface area (Å²) in [6.07, 6.45) is 9.21. The number of benzene rings is 2. The highest BCUT2D eigenvalue weighted by Crippen LogP contribution is 2.31. The maximum absolute atomic E-state index is 13.5. The van der Waals surface area contributed by atoms with Gasteiger partial charge in [-0.1, -0.05) is 74.0 Å². The van der Waals surface area contributed by atoms with Gasteiger partial charge in [-0.2, -0.15) is 5.10 Å². The lowest BCUT2D eigenvalue weighted by molar-refractivity contribution is -0.124. The van der Waals surface area contributed by atoms with Gasteiger partial charge in [0.2, 0.25) is 5.91 Å². The molecule has 44 heavy (non-hydrogen) atoms. The summed E-state index contributed by atoms with van der Waals surface area (Å²) >= 11 is 6.24. The average Bonchev–Trinajstić information content (AvgIpc) is 3.45. The Morgan fingerprint density at radius 1 is 0.955 bits per heavy atom. The first-order valence-corrected chi connectivity index (χ1v) is 15.7. The lowest BCUT2D eigenvalue weighted by atomic mass is 9.90. The number of amides is 2. The standard InChI is InChI=1S/C33H39ClN4O6/c34-24-15-16-30(44-21-23-11-5-2-6-12-23)26(17-24)36-32(40)28-18-27(33(41)42)37-38(28)19-31(39)35-25-13-7-8-14-29(25)43-20-22-9-3-1-4-10-22/h1,3-4,9-10,15-18,23,25,29H,2,5-8,11-14,19-21H2,(H,35,39)(H,36,40)(H,41,42)/t25-,29-/m0/s1. The molecule has 3 aromatic rings. The van der Waals surface area contributed by atoms with Crippen LogP contribution in [-0.4, -0.2) is 51.4 Å². The van der Waals surface area contributed by atoms with Crippen molar-refractivity contribution >= 4 is 35.1 Å². The lowest BCUT2D eigenvalue weighted by Gasteiger charge is -2.32. The fraction of sp³-hybridized carbons (Fsp3) is 0.455. The number of nitrogens with zero attached hydrogens (tertiary/aromatic N) is 2. The normalized spacial score (nSPS) is 18.8. The number of hydrogen-bond acceptors (Lipinski definition) is 6. The number of aromatic nitrogens is 2. The summed E-state index contributed by atoms with van der Waals surface area (Å²) in [4.78, 5) is 38.4. The maximum Gasteiger partial charge on any atom is 0.356 e. The second-order valence-electron chi connectivity index (χ2n) is 11.6. The molecule has 0 bridgehead atoms. The van der Waals surface area contributed by atoms with Gasteiger partial charge in [0.1, 0.15) is 18.0 Å². The summed E-state index contributed by atoms with van der Waals surface area (Å²) in [5.74, 6) is -1.41. The number of halogens is 1. The average molecular weight is 623 g/mol.